The molecule has 1 aliphatic heterocycles. The highest BCUT2D eigenvalue weighted by atomic mass is 16.3. The highest BCUT2D eigenvalue weighted by Crippen LogP contribution is 2.29. The molecule has 0 amide bonds. The van der Waals surface area contributed by atoms with E-state index in [1.807, 2.05) is 6.92 Å². The molecule has 76 valence electrons. The summed E-state index contributed by atoms with van der Waals surface area (Å²) in [5.41, 5.74) is 0. The molecule has 0 aromatic carbocycles. The second-order valence-electron chi connectivity index (χ2n) is 4.72. The average Bonchev–Trinajstić information content (AvgIpc) is 2.75. The van der Waals surface area contributed by atoms with Gasteiger partial charge in [-0.1, -0.05) is 12.8 Å². The first-order valence-electron chi connectivity index (χ1n) is 5.69. The van der Waals surface area contributed by atoms with E-state index >= 15 is 0 Å². The van der Waals surface area contributed by atoms with E-state index in [9.17, 15) is 5.11 Å². The third-order valence-electron chi connectivity index (χ3n) is 3.78. The number of aliphatic hydroxyl groups excluding tert-OH is 1. The lowest BCUT2D eigenvalue weighted by atomic mass is 10.0. The third kappa shape index (κ3) is 2.05. The van der Waals surface area contributed by atoms with Crippen LogP contribution in [0.25, 0.3) is 0 Å². The maximum absolute atomic E-state index is 9.49. The third-order valence-corrected chi connectivity index (χ3v) is 3.78. The highest BCUT2D eigenvalue weighted by Gasteiger charge is 2.31. The molecule has 1 saturated heterocycles. The number of rotatable bonds is 2. The van der Waals surface area contributed by atoms with E-state index < -0.39 is 0 Å². The molecule has 2 nitrogen and oxygen atoms in total. The lowest BCUT2D eigenvalue weighted by molar-refractivity contribution is 0.122. The number of aliphatic hydroxyl groups is 1. The summed E-state index contributed by atoms with van der Waals surface area (Å²) in [6.07, 6.45) is 6.72. The van der Waals surface area contributed by atoms with Gasteiger partial charge in [0.1, 0.15) is 0 Å². The molecule has 0 aromatic heterocycles. The molecule has 1 heterocycles. The lowest BCUT2D eigenvalue weighted by Gasteiger charge is -2.23. The van der Waals surface area contributed by atoms with E-state index in [2.05, 4.69) is 4.90 Å². The summed E-state index contributed by atoms with van der Waals surface area (Å²) in [6.45, 7) is 4.30. The van der Waals surface area contributed by atoms with Gasteiger partial charge in [0, 0.05) is 12.6 Å². The molecular formula is C11H21NO. The maximum atomic E-state index is 9.49. The topological polar surface area (TPSA) is 23.5 Å². The van der Waals surface area contributed by atoms with E-state index in [1.54, 1.807) is 0 Å². The van der Waals surface area contributed by atoms with Crippen molar-refractivity contribution in [3.05, 3.63) is 0 Å². The Morgan fingerprint density at radius 3 is 2.46 bits per heavy atom. The standard InChI is InChI=1S/C11H21NO/c1-9(13)10-6-7-12(8-10)11-4-2-3-5-11/h9-11,13H,2-8H2,1H3. The fourth-order valence-corrected chi connectivity index (χ4v) is 2.81. The number of hydrogen-bond donors (Lipinski definition) is 1. The molecular weight excluding hydrogens is 162 g/mol. The van der Waals surface area contributed by atoms with Crippen LogP contribution in [0.2, 0.25) is 0 Å². The second-order valence-corrected chi connectivity index (χ2v) is 4.72. The molecule has 2 rings (SSSR count). The Labute approximate surface area is 80.9 Å². The normalized spacial score (nSPS) is 34.2. The Bertz CT molecular complexity index is 163. The molecule has 2 aliphatic rings. The van der Waals surface area contributed by atoms with Gasteiger partial charge in [-0.3, -0.25) is 0 Å². The molecule has 1 aliphatic carbocycles. The average molecular weight is 183 g/mol. The number of nitrogens with zero attached hydrogens (tertiary/aromatic N) is 1. The van der Waals surface area contributed by atoms with Crippen molar-refractivity contribution in [2.75, 3.05) is 13.1 Å². The van der Waals surface area contributed by atoms with Crippen LogP contribution in [0.1, 0.15) is 39.0 Å². The summed E-state index contributed by atoms with van der Waals surface area (Å²) in [7, 11) is 0. The van der Waals surface area contributed by atoms with Gasteiger partial charge >= 0.3 is 0 Å². The van der Waals surface area contributed by atoms with E-state index in [0.29, 0.717) is 5.92 Å². The SMILES string of the molecule is CC(O)C1CCN(C2CCCC2)C1. The summed E-state index contributed by atoms with van der Waals surface area (Å²) < 4.78 is 0. The Balaban J connectivity index is 1.83. The first-order chi connectivity index (χ1) is 6.27. The predicted octanol–water partition coefficient (Wildman–Crippen LogP) is 1.63. The monoisotopic (exact) mass is 183 g/mol. The first-order valence-corrected chi connectivity index (χ1v) is 5.69. The van der Waals surface area contributed by atoms with Crippen LogP contribution in [0, 0.1) is 5.92 Å². The zero-order valence-electron chi connectivity index (χ0n) is 8.58. The molecule has 0 radical (unpaired) electrons. The van der Waals surface area contributed by atoms with E-state index in [1.165, 1.54) is 38.6 Å². The molecule has 1 N–H and O–H groups in total. The zero-order valence-corrected chi connectivity index (χ0v) is 8.58. The van der Waals surface area contributed by atoms with Crippen molar-refractivity contribution < 1.29 is 5.11 Å². The van der Waals surface area contributed by atoms with Crippen molar-refractivity contribution in [3.63, 3.8) is 0 Å². The van der Waals surface area contributed by atoms with Crippen LogP contribution in [0.5, 0.6) is 0 Å². The minimum Gasteiger partial charge on any atom is -0.393 e. The fourth-order valence-electron chi connectivity index (χ4n) is 2.81. The Morgan fingerprint density at radius 2 is 1.92 bits per heavy atom. The summed E-state index contributed by atoms with van der Waals surface area (Å²) >= 11 is 0. The van der Waals surface area contributed by atoms with E-state index in [0.717, 1.165) is 12.6 Å². The summed E-state index contributed by atoms with van der Waals surface area (Å²) in [4.78, 5) is 2.60. The van der Waals surface area contributed by atoms with Crippen LogP contribution >= 0.6 is 0 Å². The second kappa shape index (κ2) is 3.97. The molecule has 1 saturated carbocycles. The highest BCUT2D eigenvalue weighted by molar-refractivity contribution is 4.85. The molecule has 2 fully saturated rings. The minimum atomic E-state index is -0.105. The Hall–Kier alpha value is -0.0800. The van der Waals surface area contributed by atoms with Crippen molar-refractivity contribution in [3.8, 4) is 0 Å². The van der Waals surface area contributed by atoms with Gasteiger partial charge in [0.2, 0.25) is 0 Å². The largest absolute Gasteiger partial charge is 0.393 e. The van der Waals surface area contributed by atoms with Gasteiger partial charge in [-0.15, -0.1) is 0 Å². The van der Waals surface area contributed by atoms with Crippen LogP contribution in [0.15, 0.2) is 0 Å². The van der Waals surface area contributed by atoms with E-state index in [-0.39, 0.29) is 6.10 Å². The summed E-state index contributed by atoms with van der Waals surface area (Å²) in [6, 6.07) is 0.851. The maximum Gasteiger partial charge on any atom is 0.0552 e. The Morgan fingerprint density at radius 1 is 1.23 bits per heavy atom. The molecule has 2 heteroatoms. The lowest BCUT2D eigenvalue weighted by Crippen LogP contribution is -2.32. The number of hydrogen-bond acceptors (Lipinski definition) is 2. The molecule has 0 spiro atoms. The first kappa shape index (κ1) is 9.47. The quantitative estimate of drug-likeness (QED) is 0.703. The van der Waals surface area contributed by atoms with Gasteiger partial charge < -0.3 is 10.0 Å². The summed E-state index contributed by atoms with van der Waals surface area (Å²) in [5.74, 6) is 0.542. The molecule has 0 bridgehead atoms. The van der Waals surface area contributed by atoms with E-state index in [4.69, 9.17) is 0 Å². The fraction of sp³-hybridized carbons (Fsp3) is 1.00. The van der Waals surface area contributed by atoms with Gasteiger partial charge in [-0.05, 0) is 38.6 Å². The van der Waals surface area contributed by atoms with Crippen molar-refractivity contribution in [2.45, 2.75) is 51.2 Å². The Kier molecular flexibility index (Phi) is 2.89. The van der Waals surface area contributed by atoms with Crippen LogP contribution in [-0.2, 0) is 0 Å². The predicted molar refractivity (Wildman–Crippen MR) is 53.6 cm³/mol. The molecule has 0 aromatic rings. The van der Waals surface area contributed by atoms with Gasteiger partial charge in [0.15, 0.2) is 0 Å². The number of likely N-dealkylation sites (tertiary alicyclic amines) is 1. The smallest absolute Gasteiger partial charge is 0.0552 e. The molecule has 2 atom stereocenters. The van der Waals surface area contributed by atoms with Crippen LogP contribution in [-0.4, -0.2) is 35.2 Å². The van der Waals surface area contributed by atoms with Crippen LogP contribution in [0.3, 0.4) is 0 Å². The molecule has 13 heavy (non-hydrogen) atoms. The van der Waals surface area contributed by atoms with Crippen molar-refractivity contribution >= 4 is 0 Å². The minimum absolute atomic E-state index is 0.105. The zero-order chi connectivity index (χ0) is 9.26. The molecule has 2 unspecified atom stereocenters. The van der Waals surface area contributed by atoms with Crippen LogP contribution < -0.4 is 0 Å². The van der Waals surface area contributed by atoms with Gasteiger partial charge in [0.25, 0.3) is 0 Å². The van der Waals surface area contributed by atoms with Crippen LogP contribution in [0.4, 0.5) is 0 Å². The van der Waals surface area contributed by atoms with Gasteiger partial charge in [-0.25, -0.2) is 0 Å². The summed E-state index contributed by atoms with van der Waals surface area (Å²) in [5, 5.41) is 9.49. The van der Waals surface area contributed by atoms with Gasteiger partial charge in [-0.2, -0.15) is 0 Å². The van der Waals surface area contributed by atoms with Crippen molar-refractivity contribution in [2.24, 2.45) is 5.92 Å². The van der Waals surface area contributed by atoms with Gasteiger partial charge in [0.05, 0.1) is 6.10 Å². The van der Waals surface area contributed by atoms with Crippen molar-refractivity contribution in [1.82, 2.24) is 4.90 Å². The van der Waals surface area contributed by atoms with Crippen molar-refractivity contribution in [1.29, 1.82) is 0 Å².